The van der Waals surface area contributed by atoms with Crippen molar-refractivity contribution in [2.75, 3.05) is 14.2 Å². The lowest BCUT2D eigenvalue weighted by atomic mass is 9.99. The Balaban J connectivity index is 3.09. The largest absolute Gasteiger partial charge is 0.496 e. The summed E-state index contributed by atoms with van der Waals surface area (Å²) in [5.41, 5.74) is 2.07. The topological polar surface area (TPSA) is 58.6 Å². The van der Waals surface area contributed by atoms with E-state index in [0.29, 0.717) is 0 Å². The van der Waals surface area contributed by atoms with Crippen LogP contribution < -0.4 is 10.1 Å². The molecule has 0 heterocycles. The smallest absolute Gasteiger partial charge is 0.305 e. The third-order valence-corrected chi connectivity index (χ3v) is 2.80. The number of aliphatic carboxylic acids is 1. The monoisotopic (exact) mass is 237 g/mol. The highest BCUT2D eigenvalue weighted by molar-refractivity contribution is 5.68. The minimum atomic E-state index is -0.826. The molecule has 1 aromatic rings. The molecule has 0 radical (unpaired) electrons. The van der Waals surface area contributed by atoms with Crippen molar-refractivity contribution < 1.29 is 14.6 Å². The molecule has 17 heavy (non-hydrogen) atoms. The van der Waals surface area contributed by atoms with Crippen LogP contribution >= 0.6 is 0 Å². The average Bonchev–Trinajstić information content (AvgIpc) is 2.34. The maximum Gasteiger partial charge on any atom is 0.305 e. The molecule has 0 aromatic heterocycles. The van der Waals surface area contributed by atoms with E-state index in [-0.39, 0.29) is 12.5 Å². The first kappa shape index (κ1) is 13.5. The van der Waals surface area contributed by atoms with E-state index in [0.717, 1.165) is 17.7 Å². The SMILES string of the molecule is CCc1ccc(OC)c(C(CC(=O)O)NC)c1. The number of hydrogen-bond acceptors (Lipinski definition) is 3. The molecule has 0 aliphatic heterocycles. The van der Waals surface area contributed by atoms with Gasteiger partial charge in [0.15, 0.2) is 0 Å². The minimum absolute atomic E-state index is 0.0417. The molecule has 1 unspecified atom stereocenters. The Hall–Kier alpha value is -1.55. The fourth-order valence-electron chi connectivity index (χ4n) is 1.82. The van der Waals surface area contributed by atoms with Crippen molar-refractivity contribution in [2.24, 2.45) is 0 Å². The lowest BCUT2D eigenvalue weighted by Gasteiger charge is -2.18. The maximum atomic E-state index is 10.8. The van der Waals surface area contributed by atoms with Crippen LogP contribution in [-0.4, -0.2) is 25.2 Å². The Morgan fingerprint density at radius 2 is 2.24 bits per heavy atom. The van der Waals surface area contributed by atoms with E-state index in [1.807, 2.05) is 18.2 Å². The molecule has 94 valence electrons. The number of rotatable bonds is 6. The van der Waals surface area contributed by atoms with Crippen LogP contribution in [0.3, 0.4) is 0 Å². The lowest BCUT2D eigenvalue weighted by molar-refractivity contribution is -0.137. The van der Waals surface area contributed by atoms with Crippen LogP contribution in [0.4, 0.5) is 0 Å². The van der Waals surface area contributed by atoms with Gasteiger partial charge < -0.3 is 15.2 Å². The highest BCUT2D eigenvalue weighted by Crippen LogP contribution is 2.28. The van der Waals surface area contributed by atoms with Crippen molar-refractivity contribution >= 4 is 5.97 Å². The van der Waals surface area contributed by atoms with Gasteiger partial charge in [-0.25, -0.2) is 0 Å². The third kappa shape index (κ3) is 3.46. The number of hydrogen-bond donors (Lipinski definition) is 2. The number of nitrogens with one attached hydrogen (secondary N) is 1. The van der Waals surface area contributed by atoms with Gasteiger partial charge in [-0.15, -0.1) is 0 Å². The zero-order chi connectivity index (χ0) is 12.8. The fraction of sp³-hybridized carbons (Fsp3) is 0.462. The van der Waals surface area contributed by atoms with E-state index in [9.17, 15) is 4.79 Å². The van der Waals surface area contributed by atoms with Gasteiger partial charge in [0.2, 0.25) is 0 Å². The summed E-state index contributed by atoms with van der Waals surface area (Å²) < 4.78 is 5.28. The van der Waals surface area contributed by atoms with Gasteiger partial charge in [0, 0.05) is 11.6 Å². The minimum Gasteiger partial charge on any atom is -0.496 e. The van der Waals surface area contributed by atoms with Crippen molar-refractivity contribution in [1.82, 2.24) is 5.32 Å². The average molecular weight is 237 g/mol. The van der Waals surface area contributed by atoms with Crippen molar-refractivity contribution in [3.05, 3.63) is 29.3 Å². The molecule has 0 fully saturated rings. The van der Waals surface area contributed by atoms with Gasteiger partial charge in [0.05, 0.1) is 13.5 Å². The van der Waals surface area contributed by atoms with Crippen LogP contribution in [0.5, 0.6) is 5.75 Å². The molecule has 2 N–H and O–H groups in total. The molecule has 0 saturated heterocycles. The number of carboxylic acid groups (broad SMARTS) is 1. The van der Waals surface area contributed by atoms with E-state index >= 15 is 0 Å². The molecule has 0 saturated carbocycles. The first-order valence-corrected chi connectivity index (χ1v) is 5.68. The van der Waals surface area contributed by atoms with Crippen LogP contribution in [0.25, 0.3) is 0 Å². The number of aryl methyl sites for hydroxylation is 1. The molecular formula is C13H19NO3. The number of benzene rings is 1. The summed E-state index contributed by atoms with van der Waals surface area (Å²) in [6, 6.07) is 5.66. The van der Waals surface area contributed by atoms with Gasteiger partial charge in [0.1, 0.15) is 5.75 Å². The quantitative estimate of drug-likeness (QED) is 0.794. The molecule has 1 rings (SSSR count). The van der Waals surface area contributed by atoms with Crippen molar-refractivity contribution in [3.63, 3.8) is 0 Å². The first-order valence-electron chi connectivity index (χ1n) is 5.68. The van der Waals surface area contributed by atoms with Crippen LogP contribution in [-0.2, 0) is 11.2 Å². The highest BCUT2D eigenvalue weighted by atomic mass is 16.5. The Morgan fingerprint density at radius 1 is 1.53 bits per heavy atom. The fourth-order valence-corrected chi connectivity index (χ4v) is 1.82. The van der Waals surface area contributed by atoms with E-state index < -0.39 is 5.97 Å². The summed E-state index contributed by atoms with van der Waals surface area (Å²) in [6.45, 7) is 2.07. The zero-order valence-electron chi connectivity index (χ0n) is 10.5. The lowest BCUT2D eigenvalue weighted by Crippen LogP contribution is -2.20. The van der Waals surface area contributed by atoms with Crippen molar-refractivity contribution in [3.8, 4) is 5.75 Å². The number of methoxy groups -OCH3 is 1. The van der Waals surface area contributed by atoms with E-state index in [4.69, 9.17) is 9.84 Å². The van der Waals surface area contributed by atoms with Crippen LogP contribution in [0.1, 0.15) is 30.5 Å². The Morgan fingerprint density at radius 3 is 2.71 bits per heavy atom. The summed E-state index contributed by atoms with van der Waals surface area (Å²) in [4.78, 5) is 10.8. The highest BCUT2D eigenvalue weighted by Gasteiger charge is 2.17. The van der Waals surface area contributed by atoms with Crippen LogP contribution in [0.2, 0.25) is 0 Å². The second-order valence-electron chi connectivity index (χ2n) is 3.87. The zero-order valence-corrected chi connectivity index (χ0v) is 10.5. The predicted molar refractivity (Wildman–Crippen MR) is 66.4 cm³/mol. The molecule has 1 aromatic carbocycles. The molecule has 4 nitrogen and oxygen atoms in total. The van der Waals surface area contributed by atoms with E-state index in [2.05, 4.69) is 12.2 Å². The predicted octanol–water partition coefficient (Wildman–Crippen LogP) is 1.99. The van der Waals surface area contributed by atoms with E-state index in [1.165, 1.54) is 5.56 Å². The summed E-state index contributed by atoms with van der Waals surface area (Å²) in [6.07, 6.45) is 0.959. The standard InChI is InChI=1S/C13H19NO3/c1-4-9-5-6-12(17-3)10(7-9)11(14-2)8-13(15)16/h5-7,11,14H,4,8H2,1-3H3,(H,15,16). The Bertz CT molecular complexity index is 390. The molecule has 0 amide bonds. The normalized spacial score (nSPS) is 12.2. The van der Waals surface area contributed by atoms with Gasteiger partial charge in [0.25, 0.3) is 0 Å². The molecule has 0 aliphatic carbocycles. The first-order chi connectivity index (χ1) is 8.12. The van der Waals surface area contributed by atoms with Gasteiger partial charge in [-0.05, 0) is 25.1 Å². The molecule has 1 atom stereocenters. The summed E-state index contributed by atoms with van der Waals surface area (Å²) >= 11 is 0. The Kier molecular flexibility index (Phi) is 4.97. The second-order valence-corrected chi connectivity index (χ2v) is 3.87. The maximum absolute atomic E-state index is 10.8. The number of ether oxygens (including phenoxy) is 1. The molecule has 0 spiro atoms. The molecule has 0 aliphatic rings. The van der Waals surface area contributed by atoms with Crippen LogP contribution in [0.15, 0.2) is 18.2 Å². The molecule has 0 bridgehead atoms. The summed E-state index contributed by atoms with van der Waals surface area (Å²) in [5.74, 6) is -0.101. The van der Waals surface area contributed by atoms with Crippen molar-refractivity contribution in [1.29, 1.82) is 0 Å². The van der Waals surface area contributed by atoms with Gasteiger partial charge >= 0.3 is 5.97 Å². The number of carboxylic acids is 1. The summed E-state index contributed by atoms with van der Waals surface area (Å²) in [7, 11) is 3.35. The van der Waals surface area contributed by atoms with Gasteiger partial charge in [-0.1, -0.05) is 19.1 Å². The second kappa shape index (κ2) is 6.25. The third-order valence-electron chi connectivity index (χ3n) is 2.80. The van der Waals surface area contributed by atoms with E-state index in [1.54, 1.807) is 14.2 Å². The number of carbonyl (C=O) groups is 1. The van der Waals surface area contributed by atoms with Crippen molar-refractivity contribution in [2.45, 2.75) is 25.8 Å². The molecule has 4 heteroatoms. The van der Waals surface area contributed by atoms with Crippen LogP contribution in [0, 0.1) is 0 Å². The van der Waals surface area contributed by atoms with Gasteiger partial charge in [-0.3, -0.25) is 4.79 Å². The van der Waals surface area contributed by atoms with Gasteiger partial charge in [-0.2, -0.15) is 0 Å². The Labute approximate surface area is 102 Å². The molecular weight excluding hydrogens is 218 g/mol. The summed E-state index contributed by atoms with van der Waals surface area (Å²) in [5, 5.41) is 11.9.